The normalized spacial score (nSPS) is 10.3. The van der Waals surface area contributed by atoms with Crippen molar-refractivity contribution in [2.75, 3.05) is 0 Å². The molecule has 0 saturated heterocycles. The zero-order valence-electron chi connectivity index (χ0n) is 9.21. The molecule has 0 aromatic heterocycles. The highest BCUT2D eigenvalue weighted by Gasteiger charge is 2.09. The first-order valence-electron chi connectivity index (χ1n) is 5.13. The van der Waals surface area contributed by atoms with Gasteiger partial charge in [-0.25, -0.2) is 8.78 Å². The summed E-state index contributed by atoms with van der Waals surface area (Å²) in [6.45, 7) is 1.57. The van der Waals surface area contributed by atoms with Crippen molar-refractivity contribution in [2.45, 2.75) is 6.92 Å². The molecular formula is C14H10F2O. The van der Waals surface area contributed by atoms with Gasteiger partial charge in [0.15, 0.2) is 0 Å². The van der Waals surface area contributed by atoms with E-state index in [1.807, 2.05) is 0 Å². The Morgan fingerprint density at radius 1 is 1.06 bits per heavy atom. The molecule has 0 spiro atoms. The summed E-state index contributed by atoms with van der Waals surface area (Å²) < 4.78 is 26.7. The van der Waals surface area contributed by atoms with Crippen LogP contribution in [0, 0.1) is 18.6 Å². The molecule has 2 aromatic carbocycles. The van der Waals surface area contributed by atoms with Gasteiger partial charge in [0.2, 0.25) is 0 Å². The highest BCUT2D eigenvalue weighted by molar-refractivity contribution is 5.79. The van der Waals surface area contributed by atoms with Crippen LogP contribution in [0.4, 0.5) is 8.78 Å². The number of aldehydes is 1. The quantitative estimate of drug-likeness (QED) is 0.720. The Hall–Kier alpha value is -2.03. The average Bonchev–Trinajstić information content (AvgIpc) is 2.34. The minimum Gasteiger partial charge on any atom is -0.298 e. The van der Waals surface area contributed by atoms with Crippen LogP contribution in [0.15, 0.2) is 36.4 Å². The fourth-order valence-corrected chi connectivity index (χ4v) is 1.66. The highest BCUT2D eigenvalue weighted by Crippen LogP contribution is 2.25. The Morgan fingerprint density at radius 2 is 1.82 bits per heavy atom. The molecule has 2 aromatic rings. The van der Waals surface area contributed by atoms with Crippen molar-refractivity contribution >= 4 is 6.29 Å². The van der Waals surface area contributed by atoms with Crippen molar-refractivity contribution in [3.05, 3.63) is 59.2 Å². The lowest BCUT2D eigenvalue weighted by molar-refractivity contribution is 0.112. The first kappa shape index (κ1) is 11.5. The summed E-state index contributed by atoms with van der Waals surface area (Å²) in [6.07, 6.45) is 0.692. The van der Waals surface area contributed by atoms with Crippen LogP contribution in [0.2, 0.25) is 0 Å². The van der Waals surface area contributed by atoms with E-state index >= 15 is 0 Å². The summed E-state index contributed by atoms with van der Waals surface area (Å²) in [4.78, 5) is 10.6. The lowest BCUT2D eigenvalue weighted by Gasteiger charge is -2.06. The number of benzene rings is 2. The van der Waals surface area contributed by atoms with Crippen molar-refractivity contribution in [1.29, 1.82) is 0 Å². The largest absolute Gasteiger partial charge is 0.298 e. The van der Waals surface area contributed by atoms with E-state index in [4.69, 9.17) is 0 Å². The van der Waals surface area contributed by atoms with Gasteiger partial charge in [0.25, 0.3) is 0 Å². The molecule has 0 N–H and O–H groups in total. The lowest BCUT2D eigenvalue weighted by Crippen LogP contribution is -1.91. The van der Waals surface area contributed by atoms with Crippen LogP contribution < -0.4 is 0 Å². The number of aryl methyl sites for hydroxylation is 1. The van der Waals surface area contributed by atoms with Gasteiger partial charge in [0.05, 0.1) is 0 Å². The topological polar surface area (TPSA) is 17.1 Å². The SMILES string of the molecule is Cc1cc(-c2cccc(C=O)c2)c(F)cc1F. The van der Waals surface area contributed by atoms with E-state index in [1.54, 1.807) is 31.2 Å². The second-order valence-corrected chi connectivity index (χ2v) is 3.82. The van der Waals surface area contributed by atoms with Crippen LogP contribution in [-0.2, 0) is 0 Å². The first-order chi connectivity index (χ1) is 8.11. The van der Waals surface area contributed by atoms with E-state index in [1.165, 1.54) is 6.07 Å². The molecule has 1 nitrogen and oxygen atoms in total. The van der Waals surface area contributed by atoms with Gasteiger partial charge in [-0.2, -0.15) is 0 Å². The van der Waals surface area contributed by atoms with Crippen molar-refractivity contribution in [1.82, 2.24) is 0 Å². The lowest BCUT2D eigenvalue weighted by atomic mass is 10.0. The summed E-state index contributed by atoms with van der Waals surface area (Å²) in [5.41, 5.74) is 1.70. The number of carbonyl (C=O) groups excluding carboxylic acids is 1. The molecule has 0 radical (unpaired) electrons. The molecule has 0 heterocycles. The number of hydrogen-bond donors (Lipinski definition) is 0. The molecule has 3 heteroatoms. The van der Waals surface area contributed by atoms with Crippen LogP contribution in [0.3, 0.4) is 0 Å². The second-order valence-electron chi connectivity index (χ2n) is 3.82. The molecule has 0 aliphatic carbocycles. The standard InChI is InChI=1S/C14H10F2O/c1-9-5-12(14(16)7-13(9)15)11-4-2-3-10(6-11)8-17/h2-8H,1H3. The molecule has 0 bridgehead atoms. The van der Waals surface area contributed by atoms with Gasteiger partial charge in [-0.15, -0.1) is 0 Å². The van der Waals surface area contributed by atoms with Gasteiger partial charge in [-0.1, -0.05) is 18.2 Å². The van der Waals surface area contributed by atoms with Crippen molar-refractivity contribution in [3.8, 4) is 11.1 Å². The molecule has 17 heavy (non-hydrogen) atoms. The van der Waals surface area contributed by atoms with Crippen LogP contribution >= 0.6 is 0 Å². The van der Waals surface area contributed by atoms with E-state index in [2.05, 4.69) is 0 Å². The Labute approximate surface area is 97.7 Å². The van der Waals surface area contributed by atoms with Gasteiger partial charge in [-0.05, 0) is 30.2 Å². The molecular weight excluding hydrogens is 222 g/mol. The Morgan fingerprint density at radius 3 is 2.53 bits per heavy atom. The maximum atomic E-state index is 13.6. The minimum atomic E-state index is -0.629. The number of carbonyl (C=O) groups is 1. The van der Waals surface area contributed by atoms with Gasteiger partial charge < -0.3 is 0 Å². The van der Waals surface area contributed by atoms with E-state index < -0.39 is 11.6 Å². The van der Waals surface area contributed by atoms with Gasteiger partial charge in [0, 0.05) is 17.2 Å². The maximum Gasteiger partial charge on any atom is 0.150 e. The maximum absolute atomic E-state index is 13.6. The van der Waals surface area contributed by atoms with Crippen molar-refractivity contribution < 1.29 is 13.6 Å². The van der Waals surface area contributed by atoms with E-state index in [0.29, 0.717) is 28.5 Å². The third-order valence-corrected chi connectivity index (χ3v) is 2.58. The van der Waals surface area contributed by atoms with Crippen LogP contribution in [0.25, 0.3) is 11.1 Å². The molecule has 0 saturated carbocycles. The third kappa shape index (κ3) is 2.23. The number of rotatable bonds is 2. The van der Waals surface area contributed by atoms with Gasteiger partial charge in [0.1, 0.15) is 17.9 Å². The molecule has 0 aliphatic heterocycles. The highest BCUT2D eigenvalue weighted by atomic mass is 19.1. The minimum absolute atomic E-state index is 0.299. The molecule has 86 valence electrons. The summed E-state index contributed by atoms with van der Waals surface area (Å²) in [5.74, 6) is -1.20. The number of hydrogen-bond acceptors (Lipinski definition) is 1. The van der Waals surface area contributed by atoms with E-state index in [-0.39, 0.29) is 0 Å². The predicted molar refractivity (Wildman–Crippen MR) is 61.9 cm³/mol. The van der Waals surface area contributed by atoms with Crippen LogP contribution in [0.1, 0.15) is 15.9 Å². The second kappa shape index (κ2) is 4.45. The fraction of sp³-hybridized carbons (Fsp3) is 0.0714. The van der Waals surface area contributed by atoms with Gasteiger partial charge >= 0.3 is 0 Å². The van der Waals surface area contributed by atoms with Crippen molar-refractivity contribution in [3.63, 3.8) is 0 Å². The predicted octanol–water partition coefficient (Wildman–Crippen LogP) is 3.75. The Kier molecular flexibility index (Phi) is 3.00. The number of halogens is 2. The monoisotopic (exact) mass is 232 g/mol. The Balaban J connectivity index is 2.59. The van der Waals surface area contributed by atoms with Crippen molar-refractivity contribution in [2.24, 2.45) is 0 Å². The molecule has 0 fully saturated rings. The summed E-state index contributed by atoms with van der Waals surface area (Å²) in [6, 6.07) is 8.85. The molecule has 2 rings (SSSR count). The van der Waals surface area contributed by atoms with Crippen LogP contribution in [-0.4, -0.2) is 6.29 Å². The third-order valence-electron chi connectivity index (χ3n) is 2.58. The summed E-state index contributed by atoms with van der Waals surface area (Å²) in [7, 11) is 0. The first-order valence-corrected chi connectivity index (χ1v) is 5.13. The van der Waals surface area contributed by atoms with E-state index in [9.17, 15) is 13.6 Å². The molecule has 0 atom stereocenters. The zero-order valence-corrected chi connectivity index (χ0v) is 9.21. The molecule has 0 aliphatic rings. The van der Waals surface area contributed by atoms with Gasteiger partial charge in [-0.3, -0.25) is 4.79 Å². The average molecular weight is 232 g/mol. The smallest absolute Gasteiger partial charge is 0.150 e. The molecule has 0 amide bonds. The van der Waals surface area contributed by atoms with E-state index in [0.717, 1.165) is 6.07 Å². The Bertz CT molecular complexity index is 576. The molecule has 0 unspecified atom stereocenters. The summed E-state index contributed by atoms with van der Waals surface area (Å²) in [5, 5.41) is 0. The fourth-order valence-electron chi connectivity index (χ4n) is 1.66. The zero-order chi connectivity index (χ0) is 12.4. The summed E-state index contributed by atoms with van der Waals surface area (Å²) >= 11 is 0. The van der Waals surface area contributed by atoms with Crippen LogP contribution in [0.5, 0.6) is 0 Å².